The van der Waals surface area contributed by atoms with Crippen molar-refractivity contribution < 1.29 is 23.9 Å². The molecule has 4 rings (SSSR count). The summed E-state index contributed by atoms with van der Waals surface area (Å²) in [5.41, 5.74) is 3.27. The summed E-state index contributed by atoms with van der Waals surface area (Å²) in [6.07, 6.45) is -1.35. The second-order valence-corrected chi connectivity index (χ2v) is 9.96. The van der Waals surface area contributed by atoms with Crippen molar-refractivity contribution in [2.24, 2.45) is 5.92 Å². The van der Waals surface area contributed by atoms with E-state index in [2.05, 4.69) is 5.32 Å². The van der Waals surface area contributed by atoms with Crippen molar-refractivity contribution in [2.75, 3.05) is 31.5 Å². The number of aryl methyl sites for hydroxylation is 1. The number of rotatable bonds is 6. The van der Waals surface area contributed by atoms with Crippen LogP contribution in [-0.2, 0) is 25.7 Å². The zero-order chi connectivity index (χ0) is 26.7. The van der Waals surface area contributed by atoms with Gasteiger partial charge in [0.2, 0.25) is 17.7 Å². The van der Waals surface area contributed by atoms with Crippen molar-refractivity contribution in [2.45, 2.75) is 46.4 Å². The van der Waals surface area contributed by atoms with Crippen LogP contribution in [-0.4, -0.2) is 70.7 Å². The zero-order valence-corrected chi connectivity index (χ0v) is 21.8. The minimum atomic E-state index is -0.854. The number of carbonyl (C=O) groups excluding carboxylic acids is 4. The van der Waals surface area contributed by atoms with Crippen LogP contribution < -0.4 is 5.32 Å². The number of hydrogen-bond donors (Lipinski definition) is 1. The highest BCUT2D eigenvalue weighted by molar-refractivity contribution is 5.92. The Balaban J connectivity index is 1.60. The van der Waals surface area contributed by atoms with Gasteiger partial charge in [-0.05, 0) is 30.2 Å². The van der Waals surface area contributed by atoms with Crippen molar-refractivity contribution in [3.05, 3.63) is 65.2 Å². The summed E-state index contributed by atoms with van der Waals surface area (Å²) in [7, 11) is 0. The zero-order valence-electron chi connectivity index (χ0n) is 21.8. The minimum absolute atomic E-state index is 0.0184. The second kappa shape index (κ2) is 11.0. The second-order valence-electron chi connectivity index (χ2n) is 9.96. The lowest BCUT2D eigenvalue weighted by Gasteiger charge is -2.37. The van der Waals surface area contributed by atoms with Gasteiger partial charge in [0, 0.05) is 44.7 Å². The molecule has 1 N–H and O–H groups in total. The molecule has 0 saturated carbocycles. The third kappa shape index (κ3) is 5.93. The van der Waals surface area contributed by atoms with Gasteiger partial charge in [0.1, 0.15) is 0 Å². The molecule has 2 heterocycles. The fraction of sp³-hybridized carbons (Fsp3) is 0.429. The molecule has 0 aromatic heterocycles. The van der Waals surface area contributed by atoms with E-state index in [1.165, 1.54) is 11.8 Å². The van der Waals surface area contributed by atoms with Gasteiger partial charge >= 0.3 is 6.09 Å². The molecule has 0 bridgehead atoms. The van der Waals surface area contributed by atoms with E-state index in [0.717, 1.165) is 11.1 Å². The van der Waals surface area contributed by atoms with E-state index in [9.17, 15) is 19.2 Å². The Morgan fingerprint density at radius 2 is 1.65 bits per heavy atom. The number of carbonyl (C=O) groups is 4. The Hall–Kier alpha value is -3.88. The molecule has 4 amide bonds. The monoisotopic (exact) mass is 506 g/mol. The van der Waals surface area contributed by atoms with Crippen LogP contribution in [0.15, 0.2) is 48.5 Å². The van der Waals surface area contributed by atoms with Crippen molar-refractivity contribution >= 4 is 29.5 Å². The molecule has 0 aliphatic carbocycles. The lowest BCUT2D eigenvalue weighted by atomic mass is 9.99. The van der Waals surface area contributed by atoms with E-state index in [-0.39, 0.29) is 30.2 Å². The van der Waals surface area contributed by atoms with E-state index in [0.29, 0.717) is 37.4 Å². The third-order valence-corrected chi connectivity index (χ3v) is 6.84. The number of benzene rings is 2. The number of amides is 4. The van der Waals surface area contributed by atoms with Gasteiger partial charge in [-0.1, -0.05) is 55.8 Å². The Morgan fingerprint density at radius 3 is 2.24 bits per heavy atom. The first-order valence-electron chi connectivity index (χ1n) is 12.6. The molecule has 2 saturated heterocycles. The van der Waals surface area contributed by atoms with Gasteiger partial charge < -0.3 is 19.9 Å². The van der Waals surface area contributed by atoms with Crippen molar-refractivity contribution in [1.29, 1.82) is 0 Å². The van der Waals surface area contributed by atoms with E-state index in [1.807, 2.05) is 45.0 Å². The van der Waals surface area contributed by atoms with Gasteiger partial charge in [0.05, 0.1) is 6.54 Å². The largest absolute Gasteiger partial charge is 0.438 e. The first-order valence-corrected chi connectivity index (χ1v) is 12.6. The quantitative estimate of drug-likeness (QED) is 0.648. The number of cyclic esters (lactones) is 1. The summed E-state index contributed by atoms with van der Waals surface area (Å²) in [5, 5.41) is 2.85. The van der Waals surface area contributed by atoms with Crippen molar-refractivity contribution in [1.82, 2.24) is 14.7 Å². The Bertz CT molecular complexity index is 1170. The Labute approximate surface area is 217 Å². The van der Waals surface area contributed by atoms with Gasteiger partial charge in [-0.2, -0.15) is 0 Å². The summed E-state index contributed by atoms with van der Waals surface area (Å²) in [6, 6.07) is 14.0. The van der Waals surface area contributed by atoms with Crippen LogP contribution in [0.4, 0.5) is 10.5 Å². The lowest BCUT2D eigenvalue weighted by Crippen LogP contribution is -2.55. The maximum absolute atomic E-state index is 13.9. The van der Waals surface area contributed by atoms with Crippen LogP contribution in [0, 0.1) is 12.8 Å². The van der Waals surface area contributed by atoms with Gasteiger partial charge in [-0.15, -0.1) is 0 Å². The smallest absolute Gasteiger partial charge is 0.411 e. The molecule has 9 heteroatoms. The predicted octanol–water partition coefficient (Wildman–Crippen LogP) is 3.34. The van der Waals surface area contributed by atoms with Gasteiger partial charge in [-0.25, -0.2) is 4.79 Å². The van der Waals surface area contributed by atoms with E-state index in [1.54, 1.807) is 34.1 Å². The SMILES string of the molecule is CC(=O)N1CCN(C(=O)C2C(c3ccc(NC(=O)C(C)C)cc3)OC(=O)N2Cc2cccc(C)c2)CC1. The van der Waals surface area contributed by atoms with E-state index < -0.39 is 18.2 Å². The molecule has 2 atom stereocenters. The maximum atomic E-state index is 13.9. The van der Waals surface area contributed by atoms with Crippen LogP contribution in [0.1, 0.15) is 43.6 Å². The molecule has 2 aliphatic heterocycles. The summed E-state index contributed by atoms with van der Waals surface area (Å²) < 4.78 is 5.79. The standard InChI is InChI=1S/C28H34N4O5/c1-18(2)26(34)29-23-10-8-22(9-11-23)25-24(27(35)31-14-12-30(13-15-31)20(4)33)32(28(36)37-25)17-21-7-5-6-19(3)16-21/h5-11,16,18,24-25H,12-15,17H2,1-4H3,(H,29,34). The van der Waals surface area contributed by atoms with Crippen LogP contribution in [0.5, 0.6) is 0 Å². The normalized spacial score (nSPS) is 19.7. The third-order valence-electron chi connectivity index (χ3n) is 6.84. The summed E-state index contributed by atoms with van der Waals surface area (Å²) >= 11 is 0. The lowest BCUT2D eigenvalue weighted by molar-refractivity contribution is -0.142. The molecule has 9 nitrogen and oxygen atoms in total. The highest BCUT2D eigenvalue weighted by Crippen LogP contribution is 2.35. The molecule has 2 aromatic carbocycles. The highest BCUT2D eigenvalue weighted by atomic mass is 16.6. The minimum Gasteiger partial charge on any atom is -0.438 e. The fourth-order valence-electron chi connectivity index (χ4n) is 4.67. The molecular formula is C28H34N4O5. The highest BCUT2D eigenvalue weighted by Gasteiger charge is 2.48. The number of piperazine rings is 1. The number of hydrogen-bond acceptors (Lipinski definition) is 5. The van der Waals surface area contributed by atoms with Crippen LogP contribution in [0.25, 0.3) is 0 Å². The Morgan fingerprint density at radius 1 is 1.00 bits per heavy atom. The predicted molar refractivity (Wildman–Crippen MR) is 138 cm³/mol. The van der Waals surface area contributed by atoms with Gasteiger partial charge in [-0.3, -0.25) is 19.3 Å². The maximum Gasteiger partial charge on any atom is 0.411 e. The number of ether oxygens (including phenoxy) is 1. The Kier molecular flexibility index (Phi) is 7.80. The molecule has 2 aliphatic rings. The van der Waals surface area contributed by atoms with Crippen LogP contribution in [0.2, 0.25) is 0 Å². The van der Waals surface area contributed by atoms with Crippen LogP contribution >= 0.6 is 0 Å². The molecule has 2 aromatic rings. The summed E-state index contributed by atoms with van der Waals surface area (Å²) in [5.74, 6) is -0.475. The van der Waals surface area contributed by atoms with Crippen LogP contribution in [0.3, 0.4) is 0 Å². The van der Waals surface area contributed by atoms with E-state index >= 15 is 0 Å². The fourth-order valence-corrected chi connectivity index (χ4v) is 4.67. The van der Waals surface area contributed by atoms with Crippen molar-refractivity contribution in [3.8, 4) is 0 Å². The molecule has 37 heavy (non-hydrogen) atoms. The molecule has 2 fully saturated rings. The van der Waals surface area contributed by atoms with E-state index in [4.69, 9.17) is 4.74 Å². The summed E-state index contributed by atoms with van der Waals surface area (Å²) in [4.78, 5) is 55.7. The molecule has 0 spiro atoms. The molecule has 196 valence electrons. The van der Waals surface area contributed by atoms with Crippen molar-refractivity contribution in [3.63, 3.8) is 0 Å². The molecular weight excluding hydrogens is 472 g/mol. The number of nitrogens with one attached hydrogen (secondary N) is 1. The average molecular weight is 507 g/mol. The first-order chi connectivity index (χ1) is 17.6. The number of anilines is 1. The van der Waals surface area contributed by atoms with Gasteiger partial charge in [0.25, 0.3) is 0 Å². The topological polar surface area (TPSA) is 99.3 Å². The van der Waals surface area contributed by atoms with Gasteiger partial charge in [0.15, 0.2) is 12.1 Å². The molecule has 2 unspecified atom stereocenters. The summed E-state index contributed by atoms with van der Waals surface area (Å²) in [6.45, 7) is 9.07. The average Bonchev–Trinajstić information content (AvgIpc) is 3.19. The first kappa shape index (κ1) is 26.2. The molecule has 0 radical (unpaired) electrons. The number of nitrogens with zero attached hydrogens (tertiary/aromatic N) is 3.